The number of pyridine rings is 2. The van der Waals surface area contributed by atoms with Crippen LogP contribution in [0.4, 0.5) is 0 Å². The molecule has 7 rings (SSSR count). The van der Waals surface area contributed by atoms with Crippen molar-refractivity contribution < 1.29 is 20.1 Å². The molecule has 0 unspecified atom stereocenters. The fourth-order valence-corrected chi connectivity index (χ4v) is 7.51. The van der Waals surface area contributed by atoms with Crippen LogP contribution >= 0.6 is 0 Å². The summed E-state index contributed by atoms with van der Waals surface area (Å²) in [6, 6.07) is 17.5. The molecule has 2 saturated carbocycles. The van der Waals surface area contributed by atoms with Crippen LogP contribution in [-0.4, -0.2) is 27.8 Å². The Morgan fingerprint density at radius 2 is 1.68 bits per heavy atom. The SMILES string of the molecule is CC(/C=C(/C)[N-]C1CCCCC1)=NC1CCCCC1.Cc1cnc2cnc3c(c2c1)C(C)(C)c1cccc2cc[c-]c-3c12.[Ir]. The smallest absolute Gasteiger partial charge is 0.0870 e. The van der Waals surface area contributed by atoms with Crippen LogP contribution in [0.2, 0.25) is 0 Å². The third-order valence-electron chi connectivity index (χ3n) is 9.59. The molecule has 4 nitrogen and oxygen atoms in total. The molecule has 1 radical (unpaired) electrons. The molecule has 0 bridgehead atoms. The van der Waals surface area contributed by atoms with Gasteiger partial charge in [-0.25, -0.2) is 0 Å². The maximum absolute atomic E-state index is 4.85. The number of hydrogen-bond acceptors (Lipinski definition) is 3. The molecule has 3 aliphatic carbocycles. The summed E-state index contributed by atoms with van der Waals surface area (Å²) in [5.74, 6) is 0. The molecule has 0 N–H and O–H groups in total. The Kier molecular flexibility index (Phi) is 10.4. The van der Waals surface area contributed by atoms with E-state index < -0.39 is 0 Å². The Balaban J connectivity index is 0.000000176. The van der Waals surface area contributed by atoms with E-state index in [0.29, 0.717) is 12.1 Å². The van der Waals surface area contributed by atoms with Gasteiger partial charge in [-0.15, -0.1) is 35.2 Å². The summed E-state index contributed by atoms with van der Waals surface area (Å²) in [4.78, 5) is 14.2. The molecule has 233 valence electrons. The van der Waals surface area contributed by atoms with Gasteiger partial charge in [-0.1, -0.05) is 107 Å². The molecule has 2 heterocycles. The van der Waals surface area contributed by atoms with Gasteiger partial charge in [0.15, 0.2) is 0 Å². The van der Waals surface area contributed by atoms with Gasteiger partial charge in [0.2, 0.25) is 0 Å². The number of nitrogens with zero attached hydrogens (tertiary/aromatic N) is 4. The summed E-state index contributed by atoms with van der Waals surface area (Å²) < 4.78 is 0. The third kappa shape index (κ3) is 6.85. The summed E-state index contributed by atoms with van der Waals surface area (Å²) in [5, 5.41) is 8.58. The molecule has 2 aromatic heterocycles. The van der Waals surface area contributed by atoms with Crippen LogP contribution in [0.15, 0.2) is 65.6 Å². The second-order valence-electron chi connectivity index (χ2n) is 13.4. The first kappa shape index (κ1) is 32.5. The van der Waals surface area contributed by atoms with Crippen molar-refractivity contribution in [3.05, 3.63) is 88.6 Å². The summed E-state index contributed by atoms with van der Waals surface area (Å²) >= 11 is 0. The van der Waals surface area contributed by atoms with E-state index in [-0.39, 0.29) is 25.5 Å². The van der Waals surface area contributed by atoms with E-state index in [9.17, 15) is 0 Å². The quantitative estimate of drug-likeness (QED) is 0.154. The number of hydrogen-bond donors (Lipinski definition) is 0. The zero-order valence-electron chi connectivity index (χ0n) is 27.0. The molecule has 2 aromatic carbocycles. The summed E-state index contributed by atoms with van der Waals surface area (Å²) in [6.45, 7) is 10.9. The molecule has 0 amide bonds. The Bertz CT molecular complexity index is 1670. The van der Waals surface area contributed by atoms with Crippen LogP contribution in [0.5, 0.6) is 0 Å². The van der Waals surface area contributed by atoms with Crippen LogP contribution in [0.1, 0.15) is 109 Å². The minimum Gasteiger partial charge on any atom is -0.685 e. The number of fused-ring (bicyclic) bond motifs is 4. The molecule has 4 aromatic rings. The first-order valence-electron chi connectivity index (χ1n) is 16.4. The van der Waals surface area contributed by atoms with Gasteiger partial charge in [0.1, 0.15) is 0 Å². The molecule has 0 spiro atoms. The summed E-state index contributed by atoms with van der Waals surface area (Å²) in [6.07, 6.45) is 19.3. The Hall–Kier alpha value is -2.88. The largest absolute Gasteiger partial charge is 0.685 e. The van der Waals surface area contributed by atoms with Gasteiger partial charge in [-0.3, -0.25) is 9.98 Å². The van der Waals surface area contributed by atoms with Crippen LogP contribution in [-0.2, 0) is 25.5 Å². The van der Waals surface area contributed by atoms with Crippen molar-refractivity contribution >= 4 is 27.4 Å². The Morgan fingerprint density at radius 3 is 2.43 bits per heavy atom. The number of benzene rings is 2. The first-order valence-corrected chi connectivity index (χ1v) is 16.4. The van der Waals surface area contributed by atoms with Gasteiger partial charge in [-0.2, -0.15) is 5.70 Å². The van der Waals surface area contributed by atoms with Crippen LogP contribution < -0.4 is 0 Å². The third-order valence-corrected chi connectivity index (χ3v) is 9.59. The predicted molar refractivity (Wildman–Crippen MR) is 182 cm³/mol. The zero-order valence-corrected chi connectivity index (χ0v) is 29.4. The van der Waals surface area contributed by atoms with Crippen molar-refractivity contribution in [3.63, 3.8) is 0 Å². The van der Waals surface area contributed by atoms with E-state index in [2.05, 4.69) is 82.1 Å². The predicted octanol–water partition coefficient (Wildman–Crippen LogP) is 10.6. The van der Waals surface area contributed by atoms with Crippen molar-refractivity contribution in [2.75, 3.05) is 0 Å². The van der Waals surface area contributed by atoms with E-state index in [1.165, 1.54) is 108 Å². The van der Waals surface area contributed by atoms with E-state index >= 15 is 0 Å². The van der Waals surface area contributed by atoms with Gasteiger partial charge in [0.05, 0.1) is 11.6 Å². The number of aromatic nitrogens is 2. The maximum atomic E-state index is 4.85. The van der Waals surface area contributed by atoms with Crippen molar-refractivity contribution in [1.29, 1.82) is 0 Å². The summed E-state index contributed by atoms with van der Waals surface area (Å²) in [5.41, 5.74) is 9.11. The summed E-state index contributed by atoms with van der Waals surface area (Å²) in [7, 11) is 0. The van der Waals surface area contributed by atoms with Crippen molar-refractivity contribution in [3.8, 4) is 11.3 Å². The minimum atomic E-state index is -0.126. The minimum absolute atomic E-state index is 0. The Labute approximate surface area is 277 Å². The van der Waals surface area contributed by atoms with Crippen molar-refractivity contribution in [2.24, 2.45) is 4.99 Å². The van der Waals surface area contributed by atoms with E-state index in [1.807, 2.05) is 18.5 Å². The normalized spacial score (nSPS) is 18.7. The van der Waals surface area contributed by atoms with Gasteiger partial charge in [-0.05, 0) is 55.0 Å². The van der Waals surface area contributed by atoms with Gasteiger partial charge < -0.3 is 10.3 Å². The molecule has 0 aliphatic heterocycles. The Morgan fingerprint density at radius 1 is 0.955 bits per heavy atom. The zero-order chi connectivity index (χ0) is 30.0. The monoisotopic (exact) mass is 763 g/mol. The molecule has 3 aliphatic rings. The van der Waals surface area contributed by atoms with Crippen molar-refractivity contribution in [2.45, 2.75) is 116 Å². The van der Waals surface area contributed by atoms with E-state index in [4.69, 9.17) is 15.3 Å². The fraction of sp³-hybridized carbons (Fsp3) is 0.462. The van der Waals surface area contributed by atoms with E-state index in [0.717, 1.165) is 16.8 Å². The van der Waals surface area contributed by atoms with Crippen LogP contribution in [0, 0.1) is 13.0 Å². The standard InChI is InChI=1S/C22H17N2.C17H29N2.Ir/c1-13-10-16-18(23-11-13)12-24-21-15-8-4-6-14-7-5-9-17(19(14)15)22(2,3)20(16)21;1-14(18-16-9-5-3-6-10-16)13-15(2)19-17-11-7-4-8-12-17;/h4-7,9-12H,1-3H3;13,16-17H,3-12H2,1-2H3;/q2*-1;/b;14-13-,19-15?;. The van der Waals surface area contributed by atoms with Gasteiger partial charge >= 0.3 is 0 Å². The topological polar surface area (TPSA) is 52.2 Å². The van der Waals surface area contributed by atoms with Crippen LogP contribution in [0.25, 0.3) is 38.2 Å². The average Bonchev–Trinajstić information content (AvgIpc) is 3.00. The molecule has 5 heteroatoms. The molecule has 2 fully saturated rings. The fourth-order valence-electron chi connectivity index (χ4n) is 7.51. The van der Waals surface area contributed by atoms with Gasteiger partial charge in [0, 0.05) is 43.6 Å². The first-order chi connectivity index (χ1) is 20.8. The molecule has 44 heavy (non-hydrogen) atoms. The number of rotatable bonds is 4. The second-order valence-corrected chi connectivity index (χ2v) is 13.4. The van der Waals surface area contributed by atoms with Crippen LogP contribution in [0.3, 0.4) is 0 Å². The molecule has 0 atom stereocenters. The molecular weight excluding hydrogens is 717 g/mol. The number of aliphatic imine (C=N–C) groups is 1. The molecule has 0 saturated heterocycles. The molecular formula is C39H46IrN4-2. The number of aryl methyl sites for hydroxylation is 1. The second kappa shape index (κ2) is 14.0. The van der Waals surface area contributed by atoms with E-state index in [1.54, 1.807) is 0 Å². The number of allylic oxidation sites excluding steroid dienone is 2. The van der Waals surface area contributed by atoms with Crippen molar-refractivity contribution in [1.82, 2.24) is 9.97 Å². The van der Waals surface area contributed by atoms with Gasteiger partial charge in [0.25, 0.3) is 0 Å². The maximum Gasteiger partial charge on any atom is 0.0870 e. The average molecular weight is 763 g/mol.